The van der Waals surface area contributed by atoms with E-state index in [2.05, 4.69) is 44.1 Å². The standard InChI is InChI=1S/C14H22N2/c1-4-5-6-14(16-15)10-13-8-7-11(2)12(3)9-13/h4,7-9,14,16H,1,5-6,10,15H2,2-3H3. The summed E-state index contributed by atoms with van der Waals surface area (Å²) in [5.74, 6) is 5.55. The summed E-state index contributed by atoms with van der Waals surface area (Å²) >= 11 is 0. The third-order valence-corrected chi connectivity index (χ3v) is 3.01. The molecule has 0 aliphatic rings. The van der Waals surface area contributed by atoms with E-state index in [1.165, 1.54) is 16.7 Å². The lowest BCUT2D eigenvalue weighted by Crippen LogP contribution is -2.36. The van der Waals surface area contributed by atoms with Crippen LogP contribution < -0.4 is 11.3 Å². The van der Waals surface area contributed by atoms with Gasteiger partial charge in [0.2, 0.25) is 0 Å². The predicted molar refractivity (Wildman–Crippen MR) is 70.2 cm³/mol. The average molecular weight is 218 g/mol. The number of aryl methyl sites for hydroxylation is 2. The first kappa shape index (κ1) is 12.9. The minimum atomic E-state index is 0.333. The van der Waals surface area contributed by atoms with Crippen LogP contribution >= 0.6 is 0 Å². The largest absolute Gasteiger partial charge is 0.271 e. The van der Waals surface area contributed by atoms with Crippen molar-refractivity contribution in [2.45, 2.75) is 39.2 Å². The summed E-state index contributed by atoms with van der Waals surface area (Å²) in [6.07, 6.45) is 4.95. The van der Waals surface area contributed by atoms with Crippen molar-refractivity contribution in [2.24, 2.45) is 5.84 Å². The molecular weight excluding hydrogens is 196 g/mol. The van der Waals surface area contributed by atoms with Crippen molar-refractivity contribution in [1.82, 2.24) is 5.43 Å². The van der Waals surface area contributed by atoms with Gasteiger partial charge in [0.05, 0.1) is 0 Å². The number of benzene rings is 1. The van der Waals surface area contributed by atoms with Crippen molar-refractivity contribution in [2.75, 3.05) is 0 Å². The van der Waals surface area contributed by atoms with Gasteiger partial charge in [-0.3, -0.25) is 11.3 Å². The Kier molecular flexibility index (Phi) is 5.23. The Morgan fingerprint density at radius 3 is 2.69 bits per heavy atom. The second kappa shape index (κ2) is 6.46. The summed E-state index contributed by atoms with van der Waals surface area (Å²) in [4.78, 5) is 0. The fourth-order valence-electron chi connectivity index (χ4n) is 1.78. The van der Waals surface area contributed by atoms with Gasteiger partial charge in [-0.2, -0.15) is 0 Å². The van der Waals surface area contributed by atoms with Gasteiger partial charge in [0.1, 0.15) is 0 Å². The summed E-state index contributed by atoms with van der Waals surface area (Å²) in [7, 11) is 0. The van der Waals surface area contributed by atoms with Gasteiger partial charge in [0, 0.05) is 6.04 Å². The van der Waals surface area contributed by atoms with E-state index in [0.717, 1.165) is 19.3 Å². The maximum Gasteiger partial charge on any atom is 0.0253 e. The molecular formula is C14H22N2. The molecule has 0 heterocycles. The van der Waals surface area contributed by atoms with Crippen LogP contribution in [0.5, 0.6) is 0 Å². The van der Waals surface area contributed by atoms with Gasteiger partial charge >= 0.3 is 0 Å². The monoisotopic (exact) mass is 218 g/mol. The molecule has 1 rings (SSSR count). The summed E-state index contributed by atoms with van der Waals surface area (Å²) < 4.78 is 0. The highest BCUT2D eigenvalue weighted by molar-refractivity contribution is 5.30. The van der Waals surface area contributed by atoms with Crippen LogP contribution in [0.25, 0.3) is 0 Å². The predicted octanol–water partition coefficient (Wildman–Crippen LogP) is 2.64. The van der Waals surface area contributed by atoms with Crippen molar-refractivity contribution < 1.29 is 0 Å². The zero-order chi connectivity index (χ0) is 12.0. The molecule has 2 nitrogen and oxygen atoms in total. The highest BCUT2D eigenvalue weighted by atomic mass is 15.2. The van der Waals surface area contributed by atoms with E-state index in [9.17, 15) is 0 Å². The average Bonchev–Trinajstić information content (AvgIpc) is 2.29. The number of nitrogens with one attached hydrogen (secondary N) is 1. The lowest BCUT2D eigenvalue weighted by atomic mass is 9.99. The molecule has 1 aromatic rings. The molecule has 0 fully saturated rings. The lowest BCUT2D eigenvalue weighted by molar-refractivity contribution is 0.495. The van der Waals surface area contributed by atoms with E-state index < -0.39 is 0 Å². The highest BCUT2D eigenvalue weighted by Gasteiger charge is 2.07. The maximum atomic E-state index is 5.55. The topological polar surface area (TPSA) is 38.0 Å². The Balaban J connectivity index is 2.62. The fourth-order valence-corrected chi connectivity index (χ4v) is 1.78. The molecule has 1 atom stereocenters. The summed E-state index contributed by atoms with van der Waals surface area (Å²) in [5.41, 5.74) is 6.90. The fraction of sp³-hybridized carbons (Fsp3) is 0.429. The van der Waals surface area contributed by atoms with Crippen LogP contribution in [0, 0.1) is 13.8 Å². The second-order valence-corrected chi connectivity index (χ2v) is 4.35. The Hall–Kier alpha value is -1.12. The molecule has 3 N–H and O–H groups in total. The lowest BCUT2D eigenvalue weighted by Gasteiger charge is -2.15. The molecule has 1 aromatic carbocycles. The molecule has 2 heteroatoms. The van der Waals surface area contributed by atoms with Gasteiger partial charge in [-0.15, -0.1) is 6.58 Å². The van der Waals surface area contributed by atoms with E-state index in [4.69, 9.17) is 5.84 Å². The van der Waals surface area contributed by atoms with Gasteiger partial charge in [-0.1, -0.05) is 24.3 Å². The minimum absolute atomic E-state index is 0.333. The van der Waals surface area contributed by atoms with Crippen molar-refractivity contribution in [3.05, 3.63) is 47.5 Å². The minimum Gasteiger partial charge on any atom is -0.271 e. The van der Waals surface area contributed by atoms with Crippen molar-refractivity contribution >= 4 is 0 Å². The van der Waals surface area contributed by atoms with E-state index in [1.54, 1.807) is 0 Å². The van der Waals surface area contributed by atoms with Gasteiger partial charge in [0.25, 0.3) is 0 Å². The number of allylic oxidation sites excluding steroid dienone is 1. The molecule has 0 radical (unpaired) electrons. The van der Waals surface area contributed by atoms with Crippen LogP contribution in [0.2, 0.25) is 0 Å². The van der Waals surface area contributed by atoms with Crippen molar-refractivity contribution in [3.63, 3.8) is 0 Å². The first-order chi connectivity index (χ1) is 7.67. The van der Waals surface area contributed by atoms with Crippen molar-refractivity contribution in [3.8, 4) is 0 Å². The first-order valence-electron chi connectivity index (χ1n) is 5.80. The third kappa shape index (κ3) is 3.80. The zero-order valence-corrected chi connectivity index (χ0v) is 10.3. The number of hydrogen-bond acceptors (Lipinski definition) is 2. The van der Waals surface area contributed by atoms with E-state index in [-0.39, 0.29) is 0 Å². The summed E-state index contributed by atoms with van der Waals surface area (Å²) in [6.45, 7) is 8.01. The third-order valence-electron chi connectivity index (χ3n) is 3.01. The molecule has 0 spiro atoms. The molecule has 0 bridgehead atoms. The molecule has 0 saturated carbocycles. The number of rotatable bonds is 6. The number of nitrogens with two attached hydrogens (primary N) is 1. The van der Waals surface area contributed by atoms with Crippen LogP contribution in [0.1, 0.15) is 29.5 Å². The Labute approximate surface area is 98.5 Å². The molecule has 16 heavy (non-hydrogen) atoms. The second-order valence-electron chi connectivity index (χ2n) is 4.35. The number of hydrazine groups is 1. The maximum absolute atomic E-state index is 5.55. The number of hydrogen-bond donors (Lipinski definition) is 2. The van der Waals surface area contributed by atoms with Gasteiger partial charge in [-0.05, 0) is 49.8 Å². The summed E-state index contributed by atoms with van der Waals surface area (Å²) in [6, 6.07) is 6.93. The molecule has 0 saturated heterocycles. The Morgan fingerprint density at radius 2 is 2.12 bits per heavy atom. The Morgan fingerprint density at radius 1 is 1.38 bits per heavy atom. The highest BCUT2D eigenvalue weighted by Crippen LogP contribution is 2.13. The Bertz CT molecular complexity index is 345. The SMILES string of the molecule is C=CCCC(Cc1ccc(C)c(C)c1)NN. The van der Waals surface area contributed by atoms with E-state index in [1.807, 2.05) is 6.08 Å². The van der Waals surface area contributed by atoms with Crippen LogP contribution in [-0.2, 0) is 6.42 Å². The molecule has 88 valence electrons. The quantitative estimate of drug-likeness (QED) is 0.437. The van der Waals surface area contributed by atoms with Gasteiger partial charge < -0.3 is 0 Å². The van der Waals surface area contributed by atoms with Gasteiger partial charge in [0.15, 0.2) is 0 Å². The van der Waals surface area contributed by atoms with E-state index in [0.29, 0.717) is 6.04 Å². The smallest absolute Gasteiger partial charge is 0.0253 e. The first-order valence-corrected chi connectivity index (χ1v) is 5.80. The normalized spacial score (nSPS) is 12.4. The van der Waals surface area contributed by atoms with Crippen LogP contribution in [-0.4, -0.2) is 6.04 Å². The molecule has 0 aliphatic heterocycles. The van der Waals surface area contributed by atoms with E-state index >= 15 is 0 Å². The molecule has 0 amide bonds. The van der Waals surface area contributed by atoms with Crippen molar-refractivity contribution in [1.29, 1.82) is 0 Å². The van der Waals surface area contributed by atoms with Crippen LogP contribution in [0.3, 0.4) is 0 Å². The zero-order valence-electron chi connectivity index (χ0n) is 10.3. The van der Waals surface area contributed by atoms with Crippen LogP contribution in [0.4, 0.5) is 0 Å². The molecule has 0 aliphatic carbocycles. The van der Waals surface area contributed by atoms with Crippen LogP contribution in [0.15, 0.2) is 30.9 Å². The van der Waals surface area contributed by atoms with Gasteiger partial charge in [-0.25, -0.2) is 0 Å². The summed E-state index contributed by atoms with van der Waals surface area (Å²) in [5, 5.41) is 0. The molecule has 0 aromatic heterocycles. The molecule has 1 unspecified atom stereocenters.